The molecule has 40 heavy (non-hydrogen) atoms. The summed E-state index contributed by atoms with van der Waals surface area (Å²) < 4.78 is 56.1. The molecule has 0 radical (unpaired) electrons. The lowest BCUT2D eigenvalue weighted by Gasteiger charge is -2.35. The molecule has 0 spiro atoms. The van der Waals surface area contributed by atoms with Crippen molar-refractivity contribution >= 4 is 33.4 Å². The van der Waals surface area contributed by atoms with Crippen LogP contribution in [0, 0.1) is 10.1 Å². The first kappa shape index (κ1) is 30.2. The molecule has 2 N–H and O–H groups in total. The van der Waals surface area contributed by atoms with Crippen molar-refractivity contribution in [3.05, 3.63) is 64.2 Å². The number of nitrogens with zero attached hydrogens (tertiary/aromatic N) is 2. The monoisotopic (exact) mass is 596 g/mol. The molecule has 2 aliphatic rings. The van der Waals surface area contributed by atoms with Crippen LogP contribution in [0.4, 0.5) is 14.5 Å². The molecule has 1 aliphatic carbocycles. The summed E-state index contributed by atoms with van der Waals surface area (Å²) in [6, 6.07) is 13.4. The number of hydrogen-bond acceptors (Lipinski definition) is 8. The van der Waals surface area contributed by atoms with Crippen LogP contribution in [0.2, 0.25) is 0 Å². The van der Waals surface area contributed by atoms with E-state index in [0.29, 0.717) is 50.3 Å². The summed E-state index contributed by atoms with van der Waals surface area (Å²) in [7, 11) is -4.46. The molecule has 1 atom stereocenters. The van der Waals surface area contributed by atoms with Gasteiger partial charge in [0.25, 0.3) is 15.9 Å². The molecule has 0 unspecified atom stereocenters. The lowest BCUT2D eigenvalue weighted by atomic mass is 9.86. The van der Waals surface area contributed by atoms with E-state index >= 15 is 4.39 Å². The zero-order chi connectivity index (χ0) is 28.8. The Hall–Kier alpha value is -2.77. The van der Waals surface area contributed by atoms with Gasteiger partial charge in [-0.15, -0.1) is 11.8 Å². The number of likely N-dealkylation sites (tertiary alicyclic amines) is 1. The third-order valence-corrected chi connectivity index (χ3v) is 9.73. The topological polar surface area (TPSA) is 122 Å². The van der Waals surface area contributed by atoms with E-state index in [1.54, 1.807) is 11.8 Å². The van der Waals surface area contributed by atoms with Crippen LogP contribution in [0.15, 0.2) is 58.3 Å². The van der Waals surface area contributed by atoms with Gasteiger partial charge in [0.05, 0.1) is 4.90 Å². The highest BCUT2D eigenvalue weighted by molar-refractivity contribution is 7.99. The molecule has 1 saturated carbocycles. The number of alkyl halides is 2. The summed E-state index contributed by atoms with van der Waals surface area (Å²) in [6.07, 6.45) is 1.49. The molecule has 4 rings (SSSR count). The lowest BCUT2D eigenvalue weighted by molar-refractivity contribution is -0.496. The minimum absolute atomic E-state index is 0.0461. The number of anilines is 1. The van der Waals surface area contributed by atoms with E-state index in [2.05, 4.69) is 5.32 Å². The number of nitro groups is 1. The maximum atomic E-state index is 15.0. The Morgan fingerprint density at radius 1 is 1.15 bits per heavy atom. The van der Waals surface area contributed by atoms with Gasteiger partial charge >= 0.3 is 0 Å². The fourth-order valence-electron chi connectivity index (χ4n) is 4.92. The first-order chi connectivity index (χ1) is 19.0. The molecule has 9 nitrogen and oxygen atoms in total. The Morgan fingerprint density at radius 3 is 2.50 bits per heavy atom. The normalized spacial score (nSPS) is 18.4. The van der Waals surface area contributed by atoms with Gasteiger partial charge in [0, 0.05) is 52.5 Å². The average Bonchev–Trinajstić information content (AvgIpc) is 2.90. The van der Waals surface area contributed by atoms with E-state index in [-0.39, 0.29) is 29.3 Å². The van der Waals surface area contributed by atoms with Crippen molar-refractivity contribution < 1.29 is 26.9 Å². The average molecular weight is 597 g/mol. The van der Waals surface area contributed by atoms with Gasteiger partial charge in [-0.3, -0.25) is 19.8 Å². The number of benzene rings is 2. The maximum absolute atomic E-state index is 15.0. The Kier molecular flexibility index (Phi) is 10.0. The largest absolute Gasteiger partial charge is 0.381 e. The van der Waals surface area contributed by atoms with E-state index in [0.717, 1.165) is 17.4 Å². The number of nitrogens with one attached hydrogen (secondary N) is 2. The SMILES string of the molecule is O=C(NS(=O)(=O)c1ccc(N[C@H](CCN2CC(F)C2)CSc2ccccc2)c(C[N+](=O)[O-])c1)C1(F)CCCCC1. The van der Waals surface area contributed by atoms with Crippen molar-refractivity contribution in [3.63, 3.8) is 0 Å². The minimum atomic E-state index is -4.46. The molecule has 218 valence electrons. The molecule has 1 heterocycles. The number of carbonyl (C=O) groups is 1. The van der Waals surface area contributed by atoms with Crippen LogP contribution in [0.5, 0.6) is 0 Å². The Morgan fingerprint density at radius 2 is 1.85 bits per heavy atom. The smallest absolute Gasteiger partial charge is 0.271 e. The van der Waals surface area contributed by atoms with Gasteiger partial charge < -0.3 is 5.32 Å². The lowest BCUT2D eigenvalue weighted by Crippen LogP contribution is -2.49. The molecular weight excluding hydrogens is 562 g/mol. The maximum Gasteiger partial charge on any atom is 0.271 e. The van der Waals surface area contributed by atoms with Crippen molar-refractivity contribution in [1.29, 1.82) is 0 Å². The standard InChI is InChI=1S/C27H34F2N4O5S2/c28-21-17-32(18-21)14-11-22(19-39-23-7-3-1-4-8-23)30-25-10-9-24(15-20(25)16-33(35)36)40(37,38)31-26(34)27(29)12-5-2-6-13-27/h1,3-4,7-10,15,21-22,30H,2,5-6,11-14,16-19H2,(H,31,34)/t22-/m1/s1. The number of hydrogen-bond donors (Lipinski definition) is 2. The summed E-state index contributed by atoms with van der Waals surface area (Å²) in [6.45, 7) is 0.746. The third-order valence-electron chi connectivity index (χ3n) is 7.23. The second kappa shape index (κ2) is 13.3. The summed E-state index contributed by atoms with van der Waals surface area (Å²) in [5, 5.41) is 14.8. The summed E-state index contributed by atoms with van der Waals surface area (Å²) >= 11 is 1.60. The third kappa shape index (κ3) is 8.14. The first-order valence-corrected chi connectivity index (χ1v) is 15.8. The molecule has 2 aromatic carbocycles. The molecule has 0 aromatic heterocycles. The van der Waals surface area contributed by atoms with Crippen molar-refractivity contribution in [3.8, 4) is 0 Å². The van der Waals surface area contributed by atoms with Gasteiger partial charge in [-0.1, -0.05) is 24.6 Å². The molecule has 1 amide bonds. The number of halogens is 2. The van der Waals surface area contributed by atoms with Gasteiger partial charge in [0.15, 0.2) is 5.67 Å². The Balaban J connectivity index is 1.51. The predicted molar refractivity (Wildman–Crippen MR) is 150 cm³/mol. The minimum Gasteiger partial charge on any atom is -0.381 e. The molecule has 0 bridgehead atoms. The molecule has 1 saturated heterocycles. The van der Waals surface area contributed by atoms with E-state index in [9.17, 15) is 27.7 Å². The Bertz CT molecular complexity index is 1290. The zero-order valence-electron chi connectivity index (χ0n) is 22.1. The van der Waals surface area contributed by atoms with E-state index in [1.807, 2.05) is 40.0 Å². The van der Waals surface area contributed by atoms with Crippen molar-refractivity contribution in [2.24, 2.45) is 0 Å². The summed E-state index contributed by atoms with van der Waals surface area (Å²) in [5.41, 5.74) is -1.74. The fraction of sp³-hybridized carbons (Fsp3) is 0.519. The number of thioether (sulfide) groups is 1. The number of carbonyl (C=O) groups excluding carboxylic acids is 1. The molecule has 2 fully saturated rings. The highest BCUT2D eigenvalue weighted by atomic mass is 32.2. The number of sulfonamides is 1. The molecule has 1 aliphatic heterocycles. The number of amides is 1. The van der Waals surface area contributed by atoms with Crippen molar-refractivity contribution in [2.75, 3.05) is 30.7 Å². The van der Waals surface area contributed by atoms with Gasteiger partial charge in [-0.05, 0) is 62.4 Å². The van der Waals surface area contributed by atoms with Crippen molar-refractivity contribution in [2.45, 2.75) is 72.7 Å². The van der Waals surface area contributed by atoms with Crippen LogP contribution in [0.3, 0.4) is 0 Å². The molecular formula is C27H34F2N4O5S2. The fourth-order valence-corrected chi connectivity index (χ4v) is 7.00. The van der Waals surface area contributed by atoms with Gasteiger partial charge in [0.2, 0.25) is 6.54 Å². The summed E-state index contributed by atoms with van der Waals surface area (Å²) in [5.74, 6) is -0.589. The first-order valence-electron chi connectivity index (χ1n) is 13.4. The van der Waals surface area contributed by atoms with Crippen molar-refractivity contribution in [1.82, 2.24) is 9.62 Å². The highest BCUT2D eigenvalue weighted by Crippen LogP contribution is 2.33. The zero-order valence-corrected chi connectivity index (χ0v) is 23.7. The van der Waals surface area contributed by atoms with Crippen LogP contribution in [0.1, 0.15) is 44.1 Å². The Labute approximate surface area is 237 Å². The van der Waals surface area contributed by atoms with Crippen LogP contribution >= 0.6 is 11.8 Å². The van der Waals surface area contributed by atoms with E-state index in [1.165, 1.54) is 12.1 Å². The van der Waals surface area contributed by atoms with Crippen LogP contribution in [-0.2, 0) is 21.4 Å². The second-order valence-electron chi connectivity index (χ2n) is 10.4. The quantitative estimate of drug-likeness (QED) is 0.196. The van der Waals surface area contributed by atoms with Crippen LogP contribution in [-0.4, -0.2) is 67.4 Å². The number of rotatable bonds is 13. The van der Waals surface area contributed by atoms with Crippen LogP contribution < -0.4 is 10.0 Å². The molecule has 2 aromatic rings. The predicted octanol–water partition coefficient (Wildman–Crippen LogP) is 4.56. The summed E-state index contributed by atoms with van der Waals surface area (Å²) in [4.78, 5) is 26.1. The van der Waals surface area contributed by atoms with E-state index < -0.39 is 39.2 Å². The van der Waals surface area contributed by atoms with Gasteiger partial charge in [0.1, 0.15) is 6.17 Å². The molecule has 13 heteroatoms. The highest BCUT2D eigenvalue weighted by Gasteiger charge is 2.41. The van der Waals surface area contributed by atoms with E-state index in [4.69, 9.17) is 0 Å². The van der Waals surface area contributed by atoms with Gasteiger partial charge in [-0.2, -0.15) is 0 Å². The van der Waals surface area contributed by atoms with Crippen LogP contribution in [0.25, 0.3) is 0 Å². The van der Waals surface area contributed by atoms with Gasteiger partial charge in [-0.25, -0.2) is 21.9 Å². The second-order valence-corrected chi connectivity index (χ2v) is 13.2.